The number of carbonyl (C=O) groups excluding carboxylic acids is 2. The van der Waals surface area contributed by atoms with Crippen LogP contribution < -0.4 is 10.2 Å². The van der Waals surface area contributed by atoms with E-state index in [-0.39, 0.29) is 41.3 Å². The lowest BCUT2D eigenvalue weighted by Crippen LogP contribution is -2.42. The third-order valence-corrected chi connectivity index (χ3v) is 8.25. The van der Waals surface area contributed by atoms with Gasteiger partial charge in [-0.2, -0.15) is 5.10 Å². The highest BCUT2D eigenvalue weighted by Crippen LogP contribution is 2.49. The van der Waals surface area contributed by atoms with Crippen LogP contribution in [0.4, 0.5) is 5.82 Å². The van der Waals surface area contributed by atoms with E-state index in [0.29, 0.717) is 16.6 Å². The number of hydrogen-bond donors (Lipinski definition) is 1. The molecule has 1 aliphatic heterocycles. The molecule has 2 aromatic carbocycles. The lowest BCUT2D eigenvalue weighted by atomic mass is 9.87. The quantitative estimate of drug-likeness (QED) is 0.302. The lowest BCUT2D eigenvalue weighted by Gasteiger charge is -2.25. The van der Waals surface area contributed by atoms with Crippen molar-refractivity contribution in [2.75, 3.05) is 17.2 Å². The van der Waals surface area contributed by atoms with Gasteiger partial charge in [-0.05, 0) is 42.3 Å². The number of benzene rings is 2. The van der Waals surface area contributed by atoms with Crippen LogP contribution in [0.25, 0.3) is 5.69 Å². The minimum Gasteiger partial charge on any atom is -0.467 e. The van der Waals surface area contributed by atoms with E-state index < -0.39 is 0 Å². The largest absolute Gasteiger partial charge is 0.467 e. The standard InChI is InChI=1S/C30H31ClN4O3S/c1-19-10-5-8-14-23(19)35-29-26(28(33-35)30(2,3)4)27(21-12-6-7-13-22(21)31)39-18-25(37)34(29)17-24(36)32-16-20-11-9-15-38-20/h5-15,27H,16-18H2,1-4H3,(H,32,36). The number of amides is 2. The maximum atomic E-state index is 13.8. The summed E-state index contributed by atoms with van der Waals surface area (Å²) in [5, 5.41) is 8.40. The number of nitrogens with zero attached hydrogens (tertiary/aromatic N) is 3. The molecule has 2 amide bonds. The van der Waals surface area contributed by atoms with Crippen LogP contribution in [0.1, 0.15) is 54.2 Å². The summed E-state index contributed by atoms with van der Waals surface area (Å²) in [6.45, 7) is 8.43. The van der Waals surface area contributed by atoms with Gasteiger partial charge in [0.2, 0.25) is 11.8 Å². The Morgan fingerprint density at radius 1 is 1.13 bits per heavy atom. The third-order valence-electron chi connectivity index (χ3n) is 6.67. The molecule has 1 atom stereocenters. The molecule has 3 heterocycles. The molecule has 9 heteroatoms. The molecule has 39 heavy (non-hydrogen) atoms. The van der Waals surface area contributed by atoms with E-state index in [4.69, 9.17) is 21.1 Å². The van der Waals surface area contributed by atoms with Crippen LogP contribution in [0.15, 0.2) is 71.3 Å². The van der Waals surface area contributed by atoms with Gasteiger partial charge in [0.25, 0.3) is 0 Å². The van der Waals surface area contributed by atoms with Gasteiger partial charge in [0.05, 0.1) is 35.2 Å². The summed E-state index contributed by atoms with van der Waals surface area (Å²) < 4.78 is 7.18. The molecule has 0 aliphatic carbocycles. The van der Waals surface area contributed by atoms with E-state index in [1.807, 2.05) is 60.1 Å². The Balaban J connectivity index is 1.70. The normalized spacial score (nSPS) is 15.7. The minimum atomic E-state index is -0.349. The van der Waals surface area contributed by atoms with Gasteiger partial charge in [-0.3, -0.25) is 14.5 Å². The fourth-order valence-corrected chi connectivity index (χ4v) is 6.32. The SMILES string of the molecule is Cc1ccccc1-n1nc(C(C)(C)C)c2c1N(CC(=O)NCc1ccco1)C(=O)CSC2c1ccccc1Cl. The second kappa shape index (κ2) is 10.9. The van der Waals surface area contributed by atoms with Gasteiger partial charge >= 0.3 is 0 Å². The van der Waals surface area contributed by atoms with E-state index >= 15 is 0 Å². The van der Waals surface area contributed by atoms with Gasteiger partial charge in [0, 0.05) is 16.0 Å². The first-order valence-electron chi connectivity index (χ1n) is 12.8. The zero-order chi connectivity index (χ0) is 27.7. The number of nitrogens with one attached hydrogen (secondary N) is 1. The van der Waals surface area contributed by atoms with E-state index in [9.17, 15) is 9.59 Å². The van der Waals surface area contributed by atoms with Gasteiger partial charge in [-0.25, -0.2) is 4.68 Å². The Labute approximate surface area is 237 Å². The Hall–Kier alpha value is -3.49. The molecule has 0 radical (unpaired) electrons. The number of furan rings is 1. The molecule has 0 spiro atoms. The van der Waals surface area contributed by atoms with Crippen molar-refractivity contribution in [3.8, 4) is 5.69 Å². The van der Waals surface area contributed by atoms with Crippen molar-refractivity contribution in [3.05, 3.63) is 100 Å². The second-order valence-corrected chi connectivity index (χ2v) is 12.1. The number of aryl methyl sites for hydroxylation is 1. The molecule has 1 aliphatic rings. The van der Waals surface area contributed by atoms with Crippen LogP contribution in [0, 0.1) is 6.92 Å². The summed E-state index contributed by atoms with van der Waals surface area (Å²) in [5.41, 5.74) is 4.17. The number of fused-ring (bicyclic) bond motifs is 1. The number of thioether (sulfide) groups is 1. The summed E-state index contributed by atoms with van der Waals surface area (Å²) in [5.74, 6) is 0.969. The number of carbonyl (C=O) groups is 2. The molecular formula is C30H31ClN4O3S. The molecule has 7 nitrogen and oxygen atoms in total. The number of para-hydroxylation sites is 1. The molecular weight excluding hydrogens is 532 g/mol. The van der Waals surface area contributed by atoms with E-state index in [0.717, 1.165) is 28.1 Å². The third kappa shape index (κ3) is 5.49. The van der Waals surface area contributed by atoms with Crippen molar-refractivity contribution in [1.82, 2.24) is 15.1 Å². The zero-order valence-corrected chi connectivity index (χ0v) is 24.0. The maximum absolute atomic E-state index is 13.8. The van der Waals surface area contributed by atoms with Crippen LogP contribution in [0.5, 0.6) is 0 Å². The molecule has 1 N–H and O–H groups in total. The fourth-order valence-electron chi connectivity index (χ4n) is 4.77. The summed E-state index contributed by atoms with van der Waals surface area (Å²) in [6, 6.07) is 19.2. The molecule has 0 fully saturated rings. The first-order chi connectivity index (χ1) is 18.6. The van der Waals surface area contributed by atoms with Crippen molar-refractivity contribution in [2.45, 2.75) is 44.9 Å². The highest BCUT2D eigenvalue weighted by Gasteiger charge is 2.40. The summed E-state index contributed by atoms with van der Waals surface area (Å²) >= 11 is 8.24. The van der Waals surface area contributed by atoms with Crippen molar-refractivity contribution in [2.24, 2.45) is 0 Å². The predicted molar refractivity (Wildman–Crippen MR) is 156 cm³/mol. The Bertz CT molecular complexity index is 1510. The molecule has 2 aromatic heterocycles. The van der Waals surface area contributed by atoms with Crippen molar-refractivity contribution < 1.29 is 14.0 Å². The van der Waals surface area contributed by atoms with Crippen molar-refractivity contribution in [1.29, 1.82) is 0 Å². The minimum absolute atomic E-state index is 0.149. The predicted octanol–water partition coefficient (Wildman–Crippen LogP) is 6.21. The van der Waals surface area contributed by atoms with Crippen LogP contribution in [-0.4, -0.2) is 33.9 Å². The summed E-state index contributed by atoms with van der Waals surface area (Å²) in [7, 11) is 0. The van der Waals surface area contributed by atoms with Crippen LogP contribution in [-0.2, 0) is 21.5 Å². The maximum Gasteiger partial charge on any atom is 0.240 e. The highest BCUT2D eigenvalue weighted by atomic mass is 35.5. The highest BCUT2D eigenvalue weighted by molar-refractivity contribution is 8.00. The molecule has 4 aromatic rings. The Morgan fingerprint density at radius 3 is 2.56 bits per heavy atom. The summed E-state index contributed by atoms with van der Waals surface area (Å²) in [6.07, 6.45) is 1.56. The van der Waals surface area contributed by atoms with Gasteiger partial charge in [-0.1, -0.05) is 68.8 Å². The molecule has 5 rings (SSSR count). The molecule has 0 bridgehead atoms. The molecule has 1 unspecified atom stereocenters. The number of halogens is 1. The smallest absolute Gasteiger partial charge is 0.240 e. The number of hydrogen-bond acceptors (Lipinski definition) is 5. The first-order valence-corrected chi connectivity index (χ1v) is 14.2. The Kier molecular flexibility index (Phi) is 7.60. The number of rotatable bonds is 6. The first kappa shape index (κ1) is 27.1. The lowest BCUT2D eigenvalue weighted by molar-refractivity contribution is -0.123. The summed E-state index contributed by atoms with van der Waals surface area (Å²) in [4.78, 5) is 28.5. The van der Waals surface area contributed by atoms with Gasteiger partial charge in [0.15, 0.2) is 0 Å². The Morgan fingerprint density at radius 2 is 1.87 bits per heavy atom. The van der Waals surface area contributed by atoms with Crippen molar-refractivity contribution >= 4 is 41.0 Å². The second-order valence-electron chi connectivity index (χ2n) is 10.6. The van der Waals surface area contributed by atoms with Gasteiger partial charge in [0.1, 0.15) is 18.1 Å². The average molecular weight is 563 g/mol. The topological polar surface area (TPSA) is 80.4 Å². The van der Waals surface area contributed by atoms with E-state index in [1.54, 1.807) is 23.3 Å². The van der Waals surface area contributed by atoms with Crippen LogP contribution >= 0.6 is 23.4 Å². The van der Waals surface area contributed by atoms with Gasteiger partial charge < -0.3 is 9.73 Å². The number of aromatic nitrogens is 2. The molecule has 202 valence electrons. The van der Waals surface area contributed by atoms with Gasteiger partial charge in [-0.15, -0.1) is 11.8 Å². The van der Waals surface area contributed by atoms with E-state index in [2.05, 4.69) is 26.1 Å². The van der Waals surface area contributed by atoms with E-state index in [1.165, 1.54) is 11.8 Å². The zero-order valence-electron chi connectivity index (χ0n) is 22.4. The molecule has 0 saturated heterocycles. The number of anilines is 1. The monoisotopic (exact) mass is 562 g/mol. The van der Waals surface area contributed by atoms with Crippen LogP contribution in [0.3, 0.4) is 0 Å². The fraction of sp³-hybridized carbons (Fsp3) is 0.300. The molecule has 0 saturated carbocycles. The van der Waals surface area contributed by atoms with Crippen molar-refractivity contribution in [3.63, 3.8) is 0 Å². The average Bonchev–Trinajstić information content (AvgIpc) is 3.53. The van der Waals surface area contributed by atoms with Crippen LogP contribution in [0.2, 0.25) is 5.02 Å².